The Morgan fingerprint density at radius 1 is 1.60 bits per heavy atom. The summed E-state index contributed by atoms with van der Waals surface area (Å²) >= 11 is 0. The fourth-order valence-electron chi connectivity index (χ4n) is 2.22. The van der Waals surface area contributed by atoms with Gasteiger partial charge in [0.25, 0.3) is 0 Å². The number of carbonyl (C=O) groups excluding carboxylic acids is 1. The molecule has 1 heterocycles. The van der Waals surface area contributed by atoms with Gasteiger partial charge in [-0.2, -0.15) is 0 Å². The Morgan fingerprint density at radius 3 is 2.93 bits per heavy atom. The number of nitrogens with zero attached hydrogens (tertiary/aromatic N) is 1. The van der Waals surface area contributed by atoms with Gasteiger partial charge in [-0.1, -0.05) is 6.92 Å². The van der Waals surface area contributed by atoms with Gasteiger partial charge in [0.05, 0.1) is 6.54 Å². The Kier molecular flexibility index (Phi) is 5.65. The van der Waals surface area contributed by atoms with E-state index >= 15 is 0 Å². The average Bonchev–Trinajstić information content (AvgIpc) is 2.18. The molecule has 1 amide bonds. The first-order chi connectivity index (χ1) is 7.22. The second kappa shape index (κ2) is 6.80. The molecule has 1 aliphatic rings. The lowest BCUT2D eigenvalue weighted by molar-refractivity contribution is -0.119. The van der Waals surface area contributed by atoms with Crippen LogP contribution < -0.4 is 11.1 Å². The highest BCUT2D eigenvalue weighted by Crippen LogP contribution is 2.11. The number of rotatable bonds is 6. The Morgan fingerprint density at radius 2 is 2.40 bits per heavy atom. The Bertz CT molecular complexity index is 190. The zero-order chi connectivity index (χ0) is 11.1. The molecular weight excluding hydrogens is 190 g/mol. The molecule has 0 aliphatic carbocycles. The van der Waals surface area contributed by atoms with Crippen molar-refractivity contribution in [3.05, 3.63) is 0 Å². The van der Waals surface area contributed by atoms with Crippen molar-refractivity contribution in [2.24, 2.45) is 11.7 Å². The van der Waals surface area contributed by atoms with E-state index in [-0.39, 0.29) is 5.91 Å². The minimum atomic E-state index is -0.216. The molecule has 0 aromatic carbocycles. The standard InChI is InChI=1S/C11H23N3O/c1-2-6-14(9-11(12)15)8-10-4-3-5-13-7-10/h10,13H,2-9H2,1H3,(H2,12,15). The Balaban J connectivity index is 2.31. The van der Waals surface area contributed by atoms with Gasteiger partial charge in [0.2, 0.25) is 5.91 Å². The average molecular weight is 213 g/mol. The number of hydrogen-bond acceptors (Lipinski definition) is 3. The van der Waals surface area contributed by atoms with Crippen molar-refractivity contribution >= 4 is 5.91 Å². The highest BCUT2D eigenvalue weighted by atomic mass is 16.1. The van der Waals surface area contributed by atoms with Crippen molar-refractivity contribution in [3.63, 3.8) is 0 Å². The Labute approximate surface area is 92.2 Å². The molecule has 1 fully saturated rings. The summed E-state index contributed by atoms with van der Waals surface area (Å²) in [6, 6.07) is 0. The van der Waals surface area contributed by atoms with Gasteiger partial charge in [0, 0.05) is 6.54 Å². The summed E-state index contributed by atoms with van der Waals surface area (Å²) in [7, 11) is 0. The summed E-state index contributed by atoms with van der Waals surface area (Å²) in [5.41, 5.74) is 5.23. The van der Waals surface area contributed by atoms with E-state index in [0.29, 0.717) is 12.5 Å². The zero-order valence-electron chi connectivity index (χ0n) is 9.67. The number of piperidine rings is 1. The van der Waals surface area contributed by atoms with Crippen LogP contribution in [0.25, 0.3) is 0 Å². The second-order valence-corrected chi connectivity index (χ2v) is 4.41. The van der Waals surface area contributed by atoms with Crippen LogP contribution in [-0.2, 0) is 4.79 Å². The quantitative estimate of drug-likeness (QED) is 0.662. The van der Waals surface area contributed by atoms with Crippen LogP contribution in [-0.4, -0.2) is 43.5 Å². The predicted molar refractivity (Wildman–Crippen MR) is 61.5 cm³/mol. The van der Waals surface area contributed by atoms with Gasteiger partial charge in [-0.3, -0.25) is 9.69 Å². The van der Waals surface area contributed by atoms with Gasteiger partial charge in [-0.05, 0) is 44.8 Å². The highest BCUT2D eigenvalue weighted by Gasteiger charge is 2.17. The molecular formula is C11H23N3O. The molecule has 0 radical (unpaired) electrons. The Hall–Kier alpha value is -0.610. The molecule has 1 atom stereocenters. The third kappa shape index (κ3) is 5.14. The number of amides is 1. The largest absolute Gasteiger partial charge is 0.369 e. The molecule has 1 rings (SSSR count). The summed E-state index contributed by atoms with van der Waals surface area (Å²) < 4.78 is 0. The molecule has 0 spiro atoms. The van der Waals surface area contributed by atoms with E-state index in [4.69, 9.17) is 5.73 Å². The lowest BCUT2D eigenvalue weighted by Crippen LogP contribution is -2.41. The molecule has 3 N–H and O–H groups in total. The molecule has 4 heteroatoms. The maximum atomic E-state index is 10.9. The van der Waals surface area contributed by atoms with E-state index in [1.54, 1.807) is 0 Å². The first-order valence-corrected chi connectivity index (χ1v) is 5.93. The fraction of sp³-hybridized carbons (Fsp3) is 0.909. The smallest absolute Gasteiger partial charge is 0.231 e. The van der Waals surface area contributed by atoms with Gasteiger partial charge in [0.1, 0.15) is 0 Å². The number of carbonyl (C=O) groups is 1. The number of hydrogen-bond donors (Lipinski definition) is 2. The summed E-state index contributed by atoms with van der Waals surface area (Å²) in [5, 5.41) is 3.39. The van der Waals surface area contributed by atoms with Crippen LogP contribution in [0, 0.1) is 5.92 Å². The van der Waals surface area contributed by atoms with E-state index in [0.717, 1.165) is 32.6 Å². The van der Waals surface area contributed by atoms with E-state index in [1.165, 1.54) is 12.8 Å². The summed E-state index contributed by atoms with van der Waals surface area (Å²) in [6.45, 7) is 6.74. The highest BCUT2D eigenvalue weighted by molar-refractivity contribution is 5.75. The van der Waals surface area contributed by atoms with Crippen molar-refractivity contribution in [1.82, 2.24) is 10.2 Å². The number of primary amides is 1. The number of nitrogens with one attached hydrogen (secondary N) is 1. The zero-order valence-corrected chi connectivity index (χ0v) is 9.67. The molecule has 0 saturated carbocycles. The minimum Gasteiger partial charge on any atom is -0.369 e. The van der Waals surface area contributed by atoms with Crippen molar-refractivity contribution in [2.75, 3.05) is 32.7 Å². The van der Waals surface area contributed by atoms with E-state index < -0.39 is 0 Å². The summed E-state index contributed by atoms with van der Waals surface area (Å²) in [4.78, 5) is 13.1. The first-order valence-electron chi connectivity index (χ1n) is 5.93. The van der Waals surface area contributed by atoms with Crippen molar-refractivity contribution in [2.45, 2.75) is 26.2 Å². The summed E-state index contributed by atoms with van der Waals surface area (Å²) in [6.07, 6.45) is 3.60. The molecule has 0 bridgehead atoms. The molecule has 4 nitrogen and oxygen atoms in total. The predicted octanol–water partition coefficient (Wildman–Crippen LogP) is 0.183. The van der Waals surface area contributed by atoms with E-state index in [1.807, 2.05) is 0 Å². The lowest BCUT2D eigenvalue weighted by Gasteiger charge is -2.29. The molecule has 88 valence electrons. The maximum absolute atomic E-state index is 10.9. The molecule has 0 aromatic rings. The van der Waals surface area contributed by atoms with Crippen LogP contribution in [0.5, 0.6) is 0 Å². The molecule has 1 aliphatic heterocycles. The van der Waals surface area contributed by atoms with Crippen LogP contribution >= 0.6 is 0 Å². The fourth-order valence-corrected chi connectivity index (χ4v) is 2.22. The summed E-state index contributed by atoms with van der Waals surface area (Å²) in [5.74, 6) is 0.469. The second-order valence-electron chi connectivity index (χ2n) is 4.41. The van der Waals surface area contributed by atoms with E-state index in [2.05, 4.69) is 17.1 Å². The minimum absolute atomic E-state index is 0.216. The third-order valence-corrected chi connectivity index (χ3v) is 2.83. The molecule has 15 heavy (non-hydrogen) atoms. The van der Waals surface area contributed by atoms with Crippen LogP contribution in [0.2, 0.25) is 0 Å². The molecule has 1 saturated heterocycles. The van der Waals surface area contributed by atoms with Crippen LogP contribution in [0.4, 0.5) is 0 Å². The first kappa shape index (κ1) is 12.5. The van der Waals surface area contributed by atoms with Crippen molar-refractivity contribution < 1.29 is 4.79 Å². The third-order valence-electron chi connectivity index (χ3n) is 2.83. The SMILES string of the molecule is CCCN(CC(N)=O)CC1CCCNC1. The molecule has 1 unspecified atom stereocenters. The van der Waals surface area contributed by atoms with Gasteiger partial charge in [0.15, 0.2) is 0 Å². The van der Waals surface area contributed by atoms with Crippen LogP contribution in [0.15, 0.2) is 0 Å². The van der Waals surface area contributed by atoms with E-state index in [9.17, 15) is 4.79 Å². The topological polar surface area (TPSA) is 58.4 Å². The van der Waals surface area contributed by atoms with Gasteiger partial charge in [-0.15, -0.1) is 0 Å². The monoisotopic (exact) mass is 213 g/mol. The van der Waals surface area contributed by atoms with Crippen LogP contribution in [0.3, 0.4) is 0 Å². The normalized spacial score (nSPS) is 21.9. The maximum Gasteiger partial charge on any atom is 0.231 e. The van der Waals surface area contributed by atoms with Gasteiger partial charge < -0.3 is 11.1 Å². The molecule has 0 aromatic heterocycles. The van der Waals surface area contributed by atoms with Crippen molar-refractivity contribution in [3.8, 4) is 0 Å². The van der Waals surface area contributed by atoms with Gasteiger partial charge in [-0.25, -0.2) is 0 Å². The van der Waals surface area contributed by atoms with Crippen LogP contribution in [0.1, 0.15) is 26.2 Å². The van der Waals surface area contributed by atoms with Gasteiger partial charge >= 0.3 is 0 Å². The number of nitrogens with two attached hydrogens (primary N) is 1. The lowest BCUT2D eigenvalue weighted by atomic mass is 9.99. The van der Waals surface area contributed by atoms with Crippen molar-refractivity contribution in [1.29, 1.82) is 0 Å².